The lowest BCUT2D eigenvalue weighted by Crippen LogP contribution is -2.34. The van der Waals surface area contributed by atoms with E-state index in [1.165, 1.54) is 12.8 Å². The number of hydrogen-bond donors (Lipinski definition) is 1. The monoisotopic (exact) mass is 365 g/mol. The predicted octanol–water partition coefficient (Wildman–Crippen LogP) is 3.21. The van der Waals surface area contributed by atoms with Gasteiger partial charge in [0.05, 0.1) is 5.71 Å². The molecule has 140 valence electrons. The van der Waals surface area contributed by atoms with Gasteiger partial charge in [0, 0.05) is 24.7 Å². The van der Waals surface area contributed by atoms with E-state index in [4.69, 9.17) is 9.57 Å². The van der Waals surface area contributed by atoms with Crippen molar-refractivity contribution in [2.45, 2.75) is 50.9 Å². The molecule has 2 aromatic rings. The number of nitrogens with zero attached hydrogens (tertiary/aromatic N) is 2. The van der Waals surface area contributed by atoms with Gasteiger partial charge < -0.3 is 14.9 Å². The highest BCUT2D eigenvalue weighted by atomic mass is 16.6. The highest BCUT2D eigenvalue weighted by Crippen LogP contribution is 2.25. The van der Waals surface area contributed by atoms with Gasteiger partial charge in [-0.1, -0.05) is 41.6 Å². The van der Waals surface area contributed by atoms with Gasteiger partial charge in [-0.2, -0.15) is 0 Å². The third-order valence-corrected chi connectivity index (χ3v) is 4.95. The van der Waals surface area contributed by atoms with Crippen LogP contribution in [0.4, 0.5) is 0 Å². The molecule has 6 heteroatoms. The molecule has 0 saturated heterocycles. The van der Waals surface area contributed by atoms with E-state index in [0.29, 0.717) is 18.8 Å². The molecule has 0 bridgehead atoms. The van der Waals surface area contributed by atoms with Gasteiger partial charge in [0.25, 0.3) is 5.91 Å². The standard InChI is InChI=1S/C21H23N3O3/c25-20(19-13-18(24-27-19)15-7-2-1-3-8-15)23-14-16-9-6-12-22-21(16)26-17-10-4-5-11-17/h1-3,6-9,12,17,19H,4-5,10-11,13-14H2,(H,23,25)/t19-/m1/s1. The van der Waals surface area contributed by atoms with Crippen molar-refractivity contribution < 1.29 is 14.4 Å². The van der Waals surface area contributed by atoms with Crippen molar-refractivity contribution in [2.75, 3.05) is 0 Å². The highest BCUT2D eigenvalue weighted by molar-refractivity contribution is 6.04. The first-order chi connectivity index (χ1) is 13.3. The number of benzene rings is 1. The molecule has 2 heterocycles. The number of pyridine rings is 1. The molecule has 27 heavy (non-hydrogen) atoms. The topological polar surface area (TPSA) is 72.8 Å². The van der Waals surface area contributed by atoms with Crippen LogP contribution < -0.4 is 10.1 Å². The smallest absolute Gasteiger partial charge is 0.264 e. The minimum Gasteiger partial charge on any atom is -0.474 e. The van der Waals surface area contributed by atoms with Crippen molar-refractivity contribution in [3.63, 3.8) is 0 Å². The summed E-state index contributed by atoms with van der Waals surface area (Å²) in [5.41, 5.74) is 2.65. The quantitative estimate of drug-likeness (QED) is 0.853. The Kier molecular flexibility index (Phi) is 5.32. The molecule has 6 nitrogen and oxygen atoms in total. The van der Waals surface area contributed by atoms with Crippen LogP contribution >= 0.6 is 0 Å². The number of rotatable bonds is 6. The van der Waals surface area contributed by atoms with Gasteiger partial charge in [-0.25, -0.2) is 4.98 Å². The molecule has 1 N–H and O–H groups in total. The molecule has 2 aliphatic rings. The van der Waals surface area contributed by atoms with E-state index < -0.39 is 6.10 Å². The zero-order chi connectivity index (χ0) is 18.5. The second kappa shape index (κ2) is 8.20. The third-order valence-electron chi connectivity index (χ3n) is 4.95. The number of oxime groups is 1. The molecule has 1 saturated carbocycles. The summed E-state index contributed by atoms with van der Waals surface area (Å²) >= 11 is 0. The van der Waals surface area contributed by atoms with Crippen LogP contribution in [0.15, 0.2) is 53.8 Å². The SMILES string of the molecule is O=C(NCc1cccnc1OC1CCCC1)[C@H]1CC(c2ccccc2)=NO1. The largest absolute Gasteiger partial charge is 0.474 e. The molecule has 1 aromatic heterocycles. The fourth-order valence-electron chi connectivity index (χ4n) is 3.44. The zero-order valence-electron chi connectivity index (χ0n) is 15.1. The normalized spacial score (nSPS) is 19.4. The Morgan fingerprint density at radius 1 is 1.15 bits per heavy atom. The van der Waals surface area contributed by atoms with Crippen molar-refractivity contribution >= 4 is 11.6 Å². The van der Waals surface area contributed by atoms with Crippen molar-refractivity contribution in [3.05, 3.63) is 59.8 Å². The Balaban J connectivity index is 1.32. The number of carbonyl (C=O) groups is 1. The van der Waals surface area contributed by atoms with Gasteiger partial charge in [0.2, 0.25) is 12.0 Å². The molecular formula is C21H23N3O3. The number of hydrogen-bond acceptors (Lipinski definition) is 5. The molecule has 1 aromatic carbocycles. The van der Waals surface area contributed by atoms with E-state index in [2.05, 4.69) is 15.5 Å². The first-order valence-corrected chi connectivity index (χ1v) is 9.46. The minimum absolute atomic E-state index is 0.180. The summed E-state index contributed by atoms with van der Waals surface area (Å²) in [4.78, 5) is 22.2. The van der Waals surface area contributed by atoms with Crippen molar-refractivity contribution in [2.24, 2.45) is 5.16 Å². The molecule has 1 atom stereocenters. The summed E-state index contributed by atoms with van der Waals surface area (Å²) in [6.45, 7) is 0.356. The molecule has 0 spiro atoms. The van der Waals surface area contributed by atoms with Crippen LogP contribution in [0.3, 0.4) is 0 Å². The average Bonchev–Trinajstić information content (AvgIpc) is 3.40. The van der Waals surface area contributed by atoms with Crippen LogP contribution in [0.2, 0.25) is 0 Å². The number of amides is 1. The molecule has 4 rings (SSSR count). The van der Waals surface area contributed by atoms with Crippen molar-refractivity contribution in [1.82, 2.24) is 10.3 Å². The maximum absolute atomic E-state index is 12.5. The number of ether oxygens (including phenoxy) is 1. The fraction of sp³-hybridized carbons (Fsp3) is 0.381. The Hall–Kier alpha value is -2.89. The molecular weight excluding hydrogens is 342 g/mol. The van der Waals surface area contributed by atoms with Crippen molar-refractivity contribution in [1.29, 1.82) is 0 Å². The zero-order valence-corrected chi connectivity index (χ0v) is 15.1. The van der Waals surface area contributed by atoms with E-state index in [9.17, 15) is 4.79 Å². The Bertz CT molecular complexity index is 816. The highest BCUT2D eigenvalue weighted by Gasteiger charge is 2.29. The van der Waals surface area contributed by atoms with Crippen LogP contribution in [0, 0.1) is 0 Å². The van der Waals surface area contributed by atoms with Crippen LogP contribution in [0.25, 0.3) is 0 Å². The molecule has 1 amide bonds. The van der Waals surface area contributed by atoms with Crippen LogP contribution in [0.5, 0.6) is 5.88 Å². The fourth-order valence-corrected chi connectivity index (χ4v) is 3.44. The van der Waals surface area contributed by atoms with Gasteiger partial charge in [-0.3, -0.25) is 4.79 Å². The number of carbonyl (C=O) groups excluding carboxylic acids is 1. The Labute approximate surface area is 158 Å². The van der Waals surface area contributed by atoms with Gasteiger partial charge in [0.15, 0.2) is 0 Å². The van der Waals surface area contributed by atoms with Gasteiger partial charge >= 0.3 is 0 Å². The van der Waals surface area contributed by atoms with Crippen LogP contribution in [-0.2, 0) is 16.2 Å². The van der Waals surface area contributed by atoms with Gasteiger partial charge in [-0.05, 0) is 37.3 Å². The molecule has 0 unspecified atom stereocenters. The lowest BCUT2D eigenvalue weighted by molar-refractivity contribution is -0.131. The maximum atomic E-state index is 12.5. The molecule has 1 aliphatic carbocycles. The summed E-state index contributed by atoms with van der Waals surface area (Å²) in [5, 5.41) is 6.99. The first kappa shape index (κ1) is 17.5. The van der Waals surface area contributed by atoms with Gasteiger partial charge in [0.1, 0.15) is 6.10 Å². The predicted molar refractivity (Wildman–Crippen MR) is 101 cm³/mol. The lowest BCUT2D eigenvalue weighted by Gasteiger charge is -2.16. The Morgan fingerprint density at radius 3 is 2.78 bits per heavy atom. The Morgan fingerprint density at radius 2 is 1.96 bits per heavy atom. The summed E-state index contributed by atoms with van der Waals surface area (Å²) < 4.78 is 6.02. The van der Waals surface area contributed by atoms with E-state index in [0.717, 1.165) is 29.7 Å². The van der Waals surface area contributed by atoms with E-state index >= 15 is 0 Å². The van der Waals surface area contributed by atoms with Gasteiger partial charge in [-0.15, -0.1) is 0 Å². The number of aromatic nitrogens is 1. The van der Waals surface area contributed by atoms with E-state index in [1.807, 2.05) is 42.5 Å². The molecule has 1 fully saturated rings. The van der Waals surface area contributed by atoms with Crippen LogP contribution in [-0.4, -0.2) is 28.8 Å². The summed E-state index contributed by atoms with van der Waals surface area (Å²) in [7, 11) is 0. The summed E-state index contributed by atoms with van der Waals surface area (Å²) in [6, 6.07) is 13.5. The summed E-state index contributed by atoms with van der Waals surface area (Å²) in [5.74, 6) is 0.429. The van der Waals surface area contributed by atoms with Crippen LogP contribution in [0.1, 0.15) is 43.2 Å². The van der Waals surface area contributed by atoms with E-state index in [-0.39, 0.29) is 12.0 Å². The van der Waals surface area contributed by atoms with E-state index in [1.54, 1.807) is 6.20 Å². The molecule has 0 radical (unpaired) electrons. The summed E-state index contributed by atoms with van der Waals surface area (Å²) in [6.07, 6.45) is 6.35. The average molecular weight is 365 g/mol. The second-order valence-electron chi connectivity index (χ2n) is 6.91. The molecule has 1 aliphatic heterocycles. The maximum Gasteiger partial charge on any atom is 0.264 e. The lowest BCUT2D eigenvalue weighted by atomic mass is 10.0. The van der Waals surface area contributed by atoms with Crippen molar-refractivity contribution in [3.8, 4) is 5.88 Å². The number of nitrogens with one attached hydrogen (secondary N) is 1. The second-order valence-corrected chi connectivity index (χ2v) is 6.91. The minimum atomic E-state index is -0.601. The third kappa shape index (κ3) is 4.27. The first-order valence-electron chi connectivity index (χ1n) is 9.46.